The predicted molar refractivity (Wildman–Crippen MR) is 68.9 cm³/mol. The zero-order chi connectivity index (χ0) is 15.5. The lowest BCUT2D eigenvalue weighted by Crippen LogP contribution is -2.42. The standard InChI is InChI=1S/C11H11BrFNO6/c1-11(16,10(15)19-2)5-20-9-4-7(13)6(12)3-8(9)14(17)18/h3-4,16H,5H2,1-2H3. The van der Waals surface area contributed by atoms with E-state index in [0.29, 0.717) is 0 Å². The molecule has 7 nitrogen and oxygen atoms in total. The Kier molecular flexibility index (Phi) is 5.01. The third kappa shape index (κ3) is 3.64. The van der Waals surface area contributed by atoms with E-state index >= 15 is 0 Å². The number of nitrogens with zero attached hydrogens (tertiary/aromatic N) is 1. The number of ether oxygens (including phenoxy) is 2. The number of benzene rings is 1. The Hall–Kier alpha value is -1.74. The minimum atomic E-state index is -2.01. The highest BCUT2D eigenvalue weighted by Gasteiger charge is 2.33. The van der Waals surface area contributed by atoms with Gasteiger partial charge in [0.15, 0.2) is 11.4 Å². The highest BCUT2D eigenvalue weighted by molar-refractivity contribution is 9.10. The maximum absolute atomic E-state index is 13.4. The fraction of sp³-hybridized carbons (Fsp3) is 0.364. The molecule has 0 spiro atoms. The number of methoxy groups -OCH3 is 1. The van der Waals surface area contributed by atoms with E-state index in [9.17, 15) is 24.4 Å². The van der Waals surface area contributed by atoms with Crippen LogP contribution in [0.25, 0.3) is 0 Å². The Labute approximate surface area is 121 Å². The van der Waals surface area contributed by atoms with Gasteiger partial charge in [-0.1, -0.05) is 0 Å². The lowest BCUT2D eigenvalue weighted by atomic mass is 10.1. The average Bonchev–Trinajstić information content (AvgIpc) is 2.38. The van der Waals surface area contributed by atoms with Crippen molar-refractivity contribution in [2.45, 2.75) is 12.5 Å². The highest BCUT2D eigenvalue weighted by atomic mass is 79.9. The molecule has 1 atom stereocenters. The molecule has 0 saturated heterocycles. The third-order valence-electron chi connectivity index (χ3n) is 2.33. The minimum Gasteiger partial charge on any atom is -0.483 e. The fourth-order valence-corrected chi connectivity index (χ4v) is 1.60. The number of carbonyl (C=O) groups is 1. The largest absolute Gasteiger partial charge is 0.483 e. The van der Waals surface area contributed by atoms with Crippen LogP contribution >= 0.6 is 15.9 Å². The van der Waals surface area contributed by atoms with Crippen LogP contribution in [0.15, 0.2) is 16.6 Å². The number of rotatable bonds is 5. The highest BCUT2D eigenvalue weighted by Crippen LogP contribution is 2.33. The molecular weight excluding hydrogens is 341 g/mol. The summed E-state index contributed by atoms with van der Waals surface area (Å²) in [5, 5.41) is 20.6. The number of halogens is 2. The van der Waals surface area contributed by atoms with Crippen LogP contribution in [0, 0.1) is 15.9 Å². The molecule has 0 aliphatic heterocycles. The zero-order valence-electron chi connectivity index (χ0n) is 10.6. The molecule has 110 valence electrons. The monoisotopic (exact) mass is 351 g/mol. The fourth-order valence-electron chi connectivity index (χ4n) is 1.27. The molecule has 20 heavy (non-hydrogen) atoms. The van der Waals surface area contributed by atoms with Crippen molar-refractivity contribution in [2.75, 3.05) is 13.7 Å². The van der Waals surface area contributed by atoms with Gasteiger partial charge in [-0.2, -0.15) is 0 Å². The molecule has 1 rings (SSSR count). The number of nitro groups is 1. The van der Waals surface area contributed by atoms with Crippen molar-refractivity contribution in [3.05, 3.63) is 32.5 Å². The molecule has 0 aliphatic carbocycles. The molecule has 0 fully saturated rings. The molecule has 1 aromatic rings. The SMILES string of the molecule is COC(=O)C(C)(O)COc1cc(F)c(Br)cc1[N+](=O)[O-]. The maximum atomic E-state index is 13.4. The number of esters is 1. The molecule has 0 saturated carbocycles. The quantitative estimate of drug-likeness (QED) is 0.493. The number of aliphatic hydroxyl groups is 1. The van der Waals surface area contributed by atoms with Crippen LogP contribution in [0.1, 0.15) is 6.92 Å². The smallest absolute Gasteiger partial charge is 0.341 e. The number of hydrogen-bond acceptors (Lipinski definition) is 6. The van der Waals surface area contributed by atoms with Gasteiger partial charge in [0.05, 0.1) is 16.5 Å². The van der Waals surface area contributed by atoms with Gasteiger partial charge < -0.3 is 14.6 Å². The van der Waals surface area contributed by atoms with Crippen molar-refractivity contribution in [3.8, 4) is 5.75 Å². The third-order valence-corrected chi connectivity index (χ3v) is 2.94. The summed E-state index contributed by atoms with van der Waals surface area (Å²) in [6.07, 6.45) is 0. The van der Waals surface area contributed by atoms with E-state index in [1.165, 1.54) is 0 Å². The molecule has 0 amide bonds. The van der Waals surface area contributed by atoms with Crippen molar-refractivity contribution in [3.63, 3.8) is 0 Å². The van der Waals surface area contributed by atoms with Gasteiger partial charge in [0.2, 0.25) is 0 Å². The Morgan fingerprint density at radius 1 is 1.60 bits per heavy atom. The van der Waals surface area contributed by atoms with Gasteiger partial charge in [-0.3, -0.25) is 10.1 Å². The summed E-state index contributed by atoms with van der Waals surface area (Å²) < 4.78 is 22.6. The number of carbonyl (C=O) groups excluding carboxylic acids is 1. The minimum absolute atomic E-state index is 0.101. The molecule has 0 bridgehead atoms. The van der Waals surface area contributed by atoms with Gasteiger partial charge in [0.1, 0.15) is 12.4 Å². The summed E-state index contributed by atoms with van der Waals surface area (Å²) in [5.41, 5.74) is -2.51. The maximum Gasteiger partial charge on any atom is 0.341 e. The topological polar surface area (TPSA) is 98.9 Å². The molecule has 0 aromatic heterocycles. The van der Waals surface area contributed by atoms with Crippen molar-refractivity contribution < 1.29 is 28.7 Å². The molecule has 9 heteroatoms. The molecule has 1 unspecified atom stereocenters. The van der Waals surface area contributed by atoms with Gasteiger partial charge in [-0.05, 0) is 22.9 Å². The molecule has 0 radical (unpaired) electrons. The Morgan fingerprint density at radius 2 is 2.20 bits per heavy atom. The van der Waals surface area contributed by atoms with Crippen molar-refractivity contribution in [1.82, 2.24) is 0 Å². The van der Waals surface area contributed by atoms with Gasteiger partial charge in [0, 0.05) is 12.1 Å². The van der Waals surface area contributed by atoms with Crippen molar-refractivity contribution in [1.29, 1.82) is 0 Å². The first-order chi connectivity index (χ1) is 9.19. The van der Waals surface area contributed by atoms with E-state index < -0.39 is 40.4 Å². The first-order valence-electron chi connectivity index (χ1n) is 5.26. The van der Waals surface area contributed by atoms with Crippen LogP contribution in [0.3, 0.4) is 0 Å². The van der Waals surface area contributed by atoms with Gasteiger partial charge in [-0.25, -0.2) is 9.18 Å². The van der Waals surface area contributed by atoms with E-state index in [1.54, 1.807) is 0 Å². The zero-order valence-corrected chi connectivity index (χ0v) is 12.1. The van der Waals surface area contributed by atoms with Crippen molar-refractivity contribution >= 4 is 27.6 Å². The second kappa shape index (κ2) is 6.14. The van der Waals surface area contributed by atoms with Crippen LogP contribution < -0.4 is 4.74 Å². The van der Waals surface area contributed by atoms with E-state index in [1.807, 2.05) is 0 Å². The van der Waals surface area contributed by atoms with Crippen LogP contribution in [0.5, 0.6) is 5.75 Å². The van der Waals surface area contributed by atoms with E-state index in [2.05, 4.69) is 20.7 Å². The second-order valence-corrected chi connectivity index (χ2v) is 4.90. The summed E-state index contributed by atoms with van der Waals surface area (Å²) in [4.78, 5) is 21.3. The summed E-state index contributed by atoms with van der Waals surface area (Å²) in [6, 6.07) is 1.72. The van der Waals surface area contributed by atoms with E-state index in [0.717, 1.165) is 26.2 Å². The molecule has 1 aromatic carbocycles. The summed E-state index contributed by atoms with van der Waals surface area (Å²) in [5.74, 6) is -2.15. The molecule has 1 N–H and O–H groups in total. The summed E-state index contributed by atoms with van der Waals surface area (Å²) in [7, 11) is 1.07. The van der Waals surface area contributed by atoms with Gasteiger partial charge >= 0.3 is 11.7 Å². The number of hydrogen-bond donors (Lipinski definition) is 1. The average molecular weight is 352 g/mol. The lowest BCUT2D eigenvalue weighted by Gasteiger charge is -2.20. The van der Waals surface area contributed by atoms with Crippen LogP contribution in [-0.2, 0) is 9.53 Å². The molecule has 0 heterocycles. The first kappa shape index (κ1) is 16.3. The summed E-state index contributed by atoms with van der Waals surface area (Å²) in [6.45, 7) is 0.488. The van der Waals surface area contributed by atoms with Crippen LogP contribution in [-0.4, -0.2) is 35.3 Å². The van der Waals surface area contributed by atoms with E-state index in [-0.39, 0.29) is 4.47 Å². The van der Waals surface area contributed by atoms with Crippen LogP contribution in [0.4, 0.5) is 10.1 Å². The number of nitro benzene ring substituents is 1. The molecule has 0 aliphatic rings. The molecular formula is C11H11BrFNO6. The van der Waals surface area contributed by atoms with E-state index in [4.69, 9.17) is 4.74 Å². The Bertz CT molecular complexity index is 548. The summed E-state index contributed by atoms with van der Waals surface area (Å²) >= 11 is 2.82. The normalized spacial score (nSPS) is 13.4. The van der Waals surface area contributed by atoms with Crippen molar-refractivity contribution in [2.24, 2.45) is 0 Å². The van der Waals surface area contributed by atoms with Gasteiger partial charge in [-0.15, -0.1) is 0 Å². The second-order valence-electron chi connectivity index (χ2n) is 4.05. The van der Waals surface area contributed by atoms with Crippen LogP contribution in [0.2, 0.25) is 0 Å². The Balaban J connectivity index is 3.01. The lowest BCUT2D eigenvalue weighted by molar-refractivity contribution is -0.386. The Morgan fingerprint density at radius 3 is 2.70 bits per heavy atom. The first-order valence-corrected chi connectivity index (χ1v) is 6.05. The van der Waals surface area contributed by atoms with Gasteiger partial charge in [0.25, 0.3) is 0 Å². The predicted octanol–water partition coefficient (Wildman–Crippen LogP) is 1.80.